The zero-order valence-corrected chi connectivity index (χ0v) is 42.8. The van der Waals surface area contributed by atoms with Gasteiger partial charge in [0.25, 0.3) is 0 Å². The summed E-state index contributed by atoms with van der Waals surface area (Å²) in [6, 6.07) is 0. The predicted octanol–water partition coefficient (Wildman–Crippen LogP) is 8.70. The van der Waals surface area contributed by atoms with E-state index >= 15 is 0 Å². The van der Waals surface area contributed by atoms with Crippen LogP contribution < -0.4 is 0 Å². The fourth-order valence-electron chi connectivity index (χ4n) is 6.62. The number of phosphoric acid groups is 2. The molecule has 0 amide bonds. The molecule has 1 fully saturated rings. The van der Waals surface area contributed by atoms with Crippen molar-refractivity contribution in [3.05, 3.63) is 109 Å². The lowest BCUT2D eigenvalue weighted by molar-refractivity contribution is -0.216. The normalized spacial score (nSPS) is 22.4. The molecule has 0 aromatic heterocycles. The lowest BCUT2D eigenvalue weighted by Gasteiger charge is -2.43. The number of hydrogen-bond acceptors (Lipinski definition) is 14. The summed E-state index contributed by atoms with van der Waals surface area (Å²) < 4.78 is 49.2. The highest BCUT2D eigenvalue weighted by Crippen LogP contribution is 2.49. The van der Waals surface area contributed by atoms with Crippen LogP contribution in [0, 0.1) is 0 Å². The number of carbonyl (C=O) groups is 2. The van der Waals surface area contributed by atoms with Crippen molar-refractivity contribution in [3.63, 3.8) is 0 Å². The monoisotopic (exact) mass is 1030 g/mol. The Morgan fingerprint density at radius 2 is 1.04 bits per heavy atom. The maximum atomic E-state index is 13.0. The Labute approximate surface area is 415 Å². The van der Waals surface area contributed by atoms with Gasteiger partial charge in [0.2, 0.25) is 0 Å². The lowest BCUT2D eigenvalue weighted by Crippen LogP contribution is -2.64. The highest BCUT2D eigenvalue weighted by Gasteiger charge is 2.54. The highest BCUT2D eigenvalue weighted by molar-refractivity contribution is 7.47. The Hall–Kier alpha value is -3.38. The SMILES string of the molecule is CC/C=C\C/C=C\C/C=C\C/C=C\C/C=C\CCCCCC(=O)O[C@H](COC(=O)CCC[C@H](O)/C=C/C=C\C/C=C\C/C=C\CCCCC)COP(=O)(O)O[C@H]1C(O)C(O)C(O)[C@@H](OP(=O)(O)O)C1O. The summed E-state index contributed by atoms with van der Waals surface area (Å²) in [6.07, 6.45) is 34.9. The number of carbonyl (C=O) groups excluding carboxylic acids is 2. The minimum absolute atomic E-state index is 0.0425. The van der Waals surface area contributed by atoms with E-state index in [0.717, 1.165) is 64.2 Å². The average Bonchev–Trinajstić information content (AvgIpc) is 3.31. The summed E-state index contributed by atoms with van der Waals surface area (Å²) in [5.74, 6) is -1.46. The minimum Gasteiger partial charge on any atom is -0.462 e. The molecule has 17 nitrogen and oxygen atoms in total. The van der Waals surface area contributed by atoms with E-state index in [4.69, 9.17) is 18.5 Å². The molecule has 0 spiro atoms. The number of allylic oxidation sites excluding steroid dienone is 17. The van der Waals surface area contributed by atoms with E-state index in [9.17, 15) is 58.9 Å². The molecule has 8 N–H and O–H groups in total. The van der Waals surface area contributed by atoms with Crippen LogP contribution in [0.5, 0.6) is 0 Å². The van der Waals surface area contributed by atoms with Crippen LogP contribution in [0.4, 0.5) is 0 Å². The molecule has 5 unspecified atom stereocenters. The van der Waals surface area contributed by atoms with Crippen LogP contribution in [0.3, 0.4) is 0 Å². The van der Waals surface area contributed by atoms with Crippen LogP contribution in [-0.2, 0) is 41.8 Å². The van der Waals surface area contributed by atoms with Crippen LogP contribution in [0.15, 0.2) is 109 Å². The fourth-order valence-corrected chi connectivity index (χ4v) is 8.16. The first-order chi connectivity index (χ1) is 33.5. The molecular weight excluding hydrogens is 946 g/mol. The van der Waals surface area contributed by atoms with Gasteiger partial charge >= 0.3 is 27.6 Å². The van der Waals surface area contributed by atoms with Gasteiger partial charge in [-0.25, -0.2) is 9.13 Å². The Kier molecular flexibility index (Phi) is 37.1. The van der Waals surface area contributed by atoms with Crippen LogP contribution in [0.1, 0.15) is 136 Å². The maximum absolute atomic E-state index is 13.0. The first-order valence-electron chi connectivity index (χ1n) is 24.5. The molecule has 0 radical (unpaired) electrons. The van der Waals surface area contributed by atoms with Crippen molar-refractivity contribution in [3.8, 4) is 0 Å². The van der Waals surface area contributed by atoms with Crippen LogP contribution in [0.2, 0.25) is 0 Å². The second kappa shape index (κ2) is 40.1. The molecule has 0 aromatic rings. The number of ether oxygens (including phenoxy) is 2. The predicted molar refractivity (Wildman–Crippen MR) is 270 cm³/mol. The van der Waals surface area contributed by atoms with Gasteiger partial charge in [-0.1, -0.05) is 142 Å². The van der Waals surface area contributed by atoms with E-state index in [1.54, 1.807) is 12.2 Å². The number of aliphatic hydroxyl groups excluding tert-OH is 5. The van der Waals surface area contributed by atoms with E-state index in [2.05, 4.69) is 103 Å². The molecule has 1 rings (SSSR count). The zero-order chi connectivity index (χ0) is 51.9. The topological polar surface area (TPSA) is 276 Å². The Bertz CT molecular complexity index is 1780. The molecule has 0 bridgehead atoms. The largest absolute Gasteiger partial charge is 0.472 e. The van der Waals surface area contributed by atoms with Crippen molar-refractivity contribution in [1.29, 1.82) is 0 Å². The number of hydrogen-bond donors (Lipinski definition) is 8. The quantitative estimate of drug-likeness (QED) is 0.00940. The Balaban J connectivity index is 2.69. The van der Waals surface area contributed by atoms with E-state index < -0.39 is 89.6 Å². The third kappa shape index (κ3) is 34.1. The van der Waals surface area contributed by atoms with Gasteiger partial charge in [0.1, 0.15) is 43.2 Å². The molecule has 9 atom stereocenters. The number of aliphatic hydroxyl groups is 5. The van der Waals surface area contributed by atoms with Gasteiger partial charge in [-0.2, -0.15) is 0 Å². The van der Waals surface area contributed by atoms with Crippen molar-refractivity contribution in [1.82, 2.24) is 0 Å². The van der Waals surface area contributed by atoms with Crippen molar-refractivity contribution >= 4 is 27.6 Å². The standard InChI is InChI=1S/C51H82O17P2/c1-3-5-7-9-11-13-15-17-18-19-20-21-22-24-26-28-30-32-34-38-45(54)66-43(41-65-70(62,63)68-51-48(57)46(55)47(56)50(49(51)58)67-69(59,60)61)40-64-44(53)39-35-37-42(52)36-33-31-29-27-25-23-16-14-12-10-8-6-4-2/h5,7,11-14,17-18,20-21,23-26,29,31,33,36,42-43,46-52,55-58H,3-4,6,8-10,15-16,19,22,27-28,30,32,34-35,37-41H2,1-2H3,(H,62,63)(H2,59,60,61)/b7-5-,13-11-,14-12-,18-17-,21-20-,25-23-,26-24-,31-29-,36-33+/t42-,43-,46?,47?,48?,49?,50-,51+/m1/s1. The molecule has 398 valence electrons. The van der Waals surface area contributed by atoms with Crippen molar-refractivity contribution in [2.45, 2.75) is 185 Å². The van der Waals surface area contributed by atoms with Gasteiger partial charge < -0.3 is 49.7 Å². The highest BCUT2D eigenvalue weighted by atomic mass is 31.2. The first kappa shape index (κ1) is 64.6. The van der Waals surface area contributed by atoms with E-state index in [1.807, 2.05) is 12.2 Å². The molecule has 1 aliphatic rings. The van der Waals surface area contributed by atoms with Gasteiger partial charge in [-0.3, -0.25) is 23.2 Å². The smallest absolute Gasteiger partial charge is 0.462 e. The molecule has 0 aliphatic heterocycles. The van der Waals surface area contributed by atoms with Gasteiger partial charge in [0.05, 0.1) is 12.7 Å². The van der Waals surface area contributed by atoms with Crippen LogP contribution in [-0.4, -0.2) is 114 Å². The molecular formula is C51H82O17P2. The third-order valence-corrected chi connectivity index (χ3v) is 11.9. The summed E-state index contributed by atoms with van der Waals surface area (Å²) in [4.78, 5) is 54.4. The summed E-state index contributed by atoms with van der Waals surface area (Å²) in [6.45, 7) is 2.76. The molecule has 1 aliphatic carbocycles. The Morgan fingerprint density at radius 3 is 1.59 bits per heavy atom. The second-order valence-corrected chi connectivity index (χ2v) is 19.2. The molecule has 0 aromatic carbocycles. The Morgan fingerprint density at radius 1 is 0.543 bits per heavy atom. The van der Waals surface area contributed by atoms with Crippen molar-refractivity contribution < 1.29 is 82.0 Å². The van der Waals surface area contributed by atoms with Gasteiger partial charge in [0.15, 0.2) is 6.10 Å². The first-order valence-corrected chi connectivity index (χ1v) is 27.6. The number of esters is 2. The van der Waals surface area contributed by atoms with Crippen molar-refractivity contribution in [2.75, 3.05) is 13.2 Å². The van der Waals surface area contributed by atoms with E-state index in [0.29, 0.717) is 12.8 Å². The van der Waals surface area contributed by atoms with E-state index in [1.165, 1.54) is 19.3 Å². The third-order valence-electron chi connectivity index (χ3n) is 10.4. The van der Waals surface area contributed by atoms with E-state index in [-0.39, 0.29) is 25.7 Å². The molecule has 0 saturated heterocycles. The summed E-state index contributed by atoms with van der Waals surface area (Å²) in [7, 11) is -10.8. The number of phosphoric ester groups is 2. The van der Waals surface area contributed by atoms with Gasteiger partial charge in [-0.15, -0.1) is 0 Å². The van der Waals surface area contributed by atoms with Crippen LogP contribution in [0.25, 0.3) is 0 Å². The molecule has 1 saturated carbocycles. The molecule has 19 heteroatoms. The lowest BCUT2D eigenvalue weighted by atomic mass is 9.85. The maximum Gasteiger partial charge on any atom is 0.472 e. The minimum atomic E-state index is -5.40. The molecule has 70 heavy (non-hydrogen) atoms. The summed E-state index contributed by atoms with van der Waals surface area (Å²) in [5.41, 5.74) is 0. The summed E-state index contributed by atoms with van der Waals surface area (Å²) >= 11 is 0. The number of rotatable bonds is 39. The molecule has 0 heterocycles. The summed E-state index contributed by atoms with van der Waals surface area (Å²) in [5, 5.41) is 51.6. The average molecular weight is 1030 g/mol. The number of unbranched alkanes of at least 4 members (excludes halogenated alkanes) is 6. The van der Waals surface area contributed by atoms with Crippen molar-refractivity contribution in [2.24, 2.45) is 0 Å². The van der Waals surface area contributed by atoms with Gasteiger partial charge in [0, 0.05) is 12.8 Å². The zero-order valence-electron chi connectivity index (χ0n) is 41.0. The fraction of sp³-hybridized carbons (Fsp3) is 0.608. The van der Waals surface area contributed by atoms with Crippen LogP contribution >= 0.6 is 15.6 Å². The second-order valence-electron chi connectivity index (χ2n) is 16.6. The van der Waals surface area contributed by atoms with Gasteiger partial charge in [-0.05, 0) is 89.9 Å².